The van der Waals surface area contributed by atoms with Crippen molar-refractivity contribution < 1.29 is 0 Å². The van der Waals surface area contributed by atoms with Gasteiger partial charge < -0.3 is 4.30 Å². The lowest BCUT2D eigenvalue weighted by Gasteiger charge is -1.64. The minimum atomic E-state index is 0.795. The molecule has 0 saturated heterocycles. The maximum Gasteiger partial charge on any atom is 0.190 e. The zero-order chi connectivity index (χ0) is 4.12. The largest absolute Gasteiger partial charge is 0.367 e. The fourth-order valence-electron chi connectivity index (χ4n) is 0.112. The molecule has 0 saturated carbocycles. The van der Waals surface area contributed by atoms with Gasteiger partial charge in [0, 0.05) is 0 Å². The second-order valence-electron chi connectivity index (χ2n) is 0.559. The summed E-state index contributed by atoms with van der Waals surface area (Å²) < 4.78 is 4.03. The molecule has 0 rings (SSSR count). The Bertz CT molecular complexity index is 34.6. The average Bonchev–Trinajstić information content (AvgIpc) is 1.41. The third-order valence-corrected chi connectivity index (χ3v) is 2.01. The lowest BCUT2D eigenvalue weighted by atomic mass is 11.9. The molecule has 3 radical (unpaired) electrons. The van der Waals surface area contributed by atoms with Crippen molar-refractivity contribution in [3.63, 3.8) is 0 Å². The number of hydrogen-bond donors (Lipinski definition) is 0. The maximum atomic E-state index is 4.03. The molecule has 0 aromatic carbocycles. The van der Waals surface area contributed by atoms with Gasteiger partial charge in [0.2, 0.25) is 0 Å². The van der Waals surface area contributed by atoms with E-state index in [9.17, 15) is 0 Å². The molecular weight excluding hydrogens is 94.2 g/mol. The standard InChI is InChI=1S/C2H6NSi2/c1-4-3-5-2/h1-2H3. The van der Waals surface area contributed by atoms with Crippen LogP contribution >= 0.6 is 0 Å². The van der Waals surface area contributed by atoms with E-state index in [-0.39, 0.29) is 0 Å². The van der Waals surface area contributed by atoms with E-state index in [0.29, 0.717) is 0 Å². The highest BCUT2D eigenvalue weighted by atomic mass is 28.3. The van der Waals surface area contributed by atoms with Gasteiger partial charge in [0.1, 0.15) is 9.31 Å². The average molecular weight is 100 g/mol. The van der Waals surface area contributed by atoms with Crippen LogP contribution in [0.25, 0.3) is 0 Å². The Balaban J connectivity index is 2.62. The Labute approximate surface area is 37.2 Å². The molecule has 0 unspecified atom stereocenters. The summed E-state index contributed by atoms with van der Waals surface area (Å²) >= 11 is 0. The zero-order valence-corrected chi connectivity index (χ0v) is 5.45. The molecule has 0 spiro atoms. The van der Waals surface area contributed by atoms with Gasteiger partial charge in [-0.2, -0.15) is 0 Å². The number of hydrogen-bond acceptors (Lipinski definition) is 1. The van der Waals surface area contributed by atoms with Gasteiger partial charge in [-0.3, -0.25) is 0 Å². The van der Waals surface area contributed by atoms with Gasteiger partial charge in [0.05, 0.1) is 0 Å². The van der Waals surface area contributed by atoms with Crippen molar-refractivity contribution in [1.82, 2.24) is 0 Å². The molecular formula is C2H6NSi2. The van der Waals surface area contributed by atoms with Gasteiger partial charge in [-0.25, -0.2) is 0 Å². The van der Waals surface area contributed by atoms with Crippen LogP contribution in [-0.2, 0) is 0 Å². The topological polar surface area (TPSA) is 12.4 Å². The summed E-state index contributed by atoms with van der Waals surface area (Å²) in [7, 11) is 1.59. The molecule has 0 aliphatic rings. The summed E-state index contributed by atoms with van der Waals surface area (Å²) in [5.74, 6) is 0. The predicted octanol–water partition coefficient (Wildman–Crippen LogP) is 0.590. The molecule has 0 aromatic rings. The Morgan fingerprint density at radius 3 is 2.00 bits per heavy atom. The summed E-state index contributed by atoms with van der Waals surface area (Å²) in [6.45, 7) is 4.16. The first-order valence-electron chi connectivity index (χ1n) is 1.45. The van der Waals surface area contributed by atoms with Crippen LogP contribution in [0.4, 0.5) is 0 Å². The highest BCUT2D eigenvalue weighted by molar-refractivity contribution is 6.40. The van der Waals surface area contributed by atoms with Crippen molar-refractivity contribution >= 4 is 19.0 Å². The van der Waals surface area contributed by atoms with E-state index < -0.39 is 0 Å². The first-order chi connectivity index (χ1) is 2.41. The second-order valence-corrected chi connectivity index (χ2v) is 2.35. The van der Waals surface area contributed by atoms with Crippen molar-refractivity contribution in [2.75, 3.05) is 0 Å². The summed E-state index contributed by atoms with van der Waals surface area (Å²) in [6.07, 6.45) is 0. The molecule has 0 aromatic heterocycles. The lowest BCUT2D eigenvalue weighted by Crippen LogP contribution is -1.70. The Morgan fingerprint density at radius 2 is 2.00 bits per heavy atom. The molecule has 0 heterocycles. The van der Waals surface area contributed by atoms with E-state index in [4.69, 9.17) is 0 Å². The number of nitrogens with zero attached hydrogens (tertiary/aromatic N) is 1. The maximum absolute atomic E-state index is 4.03. The van der Waals surface area contributed by atoms with Crippen LogP contribution in [0.15, 0.2) is 4.30 Å². The molecule has 0 aliphatic heterocycles. The van der Waals surface area contributed by atoms with Crippen LogP contribution in [0.5, 0.6) is 0 Å². The fourth-order valence-corrected chi connectivity index (χ4v) is 1.01. The highest BCUT2D eigenvalue weighted by Crippen LogP contribution is 1.52. The predicted molar refractivity (Wildman–Crippen MR) is 25.7 cm³/mol. The number of rotatable bonds is 1. The van der Waals surface area contributed by atoms with Crippen LogP contribution in [0, 0.1) is 0 Å². The third kappa shape index (κ3) is 4.23. The van der Waals surface area contributed by atoms with Gasteiger partial charge >= 0.3 is 0 Å². The van der Waals surface area contributed by atoms with Gasteiger partial charge in [-0.15, -0.1) is 0 Å². The van der Waals surface area contributed by atoms with Gasteiger partial charge in [-0.1, -0.05) is 6.55 Å². The van der Waals surface area contributed by atoms with Crippen LogP contribution in [0.1, 0.15) is 0 Å². The van der Waals surface area contributed by atoms with E-state index >= 15 is 0 Å². The Kier molecular flexibility index (Phi) is 4.43. The smallest absolute Gasteiger partial charge is 0.190 e. The summed E-state index contributed by atoms with van der Waals surface area (Å²) in [4.78, 5) is 0. The van der Waals surface area contributed by atoms with Gasteiger partial charge in [0.15, 0.2) is 9.68 Å². The lowest BCUT2D eigenvalue weighted by molar-refractivity contribution is 1.87. The van der Waals surface area contributed by atoms with E-state index in [2.05, 4.69) is 17.4 Å². The second kappa shape index (κ2) is 4.23. The van der Waals surface area contributed by atoms with Crippen molar-refractivity contribution in [3.8, 4) is 0 Å². The Hall–Kier alpha value is 0.234. The molecule has 0 atom stereocenters. The van der Waals surface area contributed by atoms with Crippen molar-refractivity contribution in [2.45, 2.75) is 13.1 Å². The van der Waals surface area contributed by atoms with E-state index in [1.165, 1.54) is 0 Å². The summed E-state index contributed by atoms with van der Waals surface area (Å²) in [6, 6.07) is 0. The van der Waals surface area contributed by atoms with Crippen LogP contribution in [-0.4, -0.2) is 19.0 Å². The first-order valence-corrected chi connectivity index (χ1v) is 4.34. The highest BCUT2D eigenvalue weighted by Gasteiger charge is 1.57. The van der Waals surface area contributed by atoms with Crippen molar-refractivity contribution in [3.05, 3.63) is 0 Å². The third-order valence-electron chi connectivity index (χ3n) is 0.224. The van der Waals surface area contributed by atoms with E-state index in [0.717, 1.165) is 19.0 Å². The van der Waals surface area contributed by atoms with E-state index in [1.807, 2.05) is 0 Å². The zero-order valence-electron chi connectivity index (χ0n) is 3.45. The van der Waals surface area contributed by atoms with Gasteiger partial charge in [-0.05, 0) is 6.55 Å². The first kappa shape index (κ1) is 5.23. The molecule has 0 N–H and O–H groups in total. The molecule has 0 aliphatic carbocycles. The molecule has 27 valence electrons. The molecule has 3 heteroatoms. The minimum Gasteiger partial charge on any atom is -0.367 e. The van der Waals surface area contributed by atoms with Crippen molar-refractivity contribution in [2.24, 2.45) is 4.30 Å². The minimum absolute atomic E-state index is 0.795. The summed E-state index contributed by atoms with van der Waals surface area (Å²) in [5.41, 5.74) is 0. The van der Waals surface area contributed by atoms with Gasteiger partial charge in [0.25, 0.3) is 0 Å². The SMILES string of the molecule is C[Si]N=[Si]C. The molecule has 5 heavy (non-hydrogen) atoms. The van der Waals surface area contributed by atoms with E-state index in [1.54, 1.807) is 0 Å². The van der Waals surface area contributed by atoms with Crippen LogP contribution in [0.3, 0.4) is 0 Å². The monoisotopic (exact) mass is 100 g/mol. The molecule has 0 bridgehead atoms. The van der Waals surface area contributed by atoms with Crippen LogP contribution in [0.2, 0.25) is 13.1 Å². The van der Waals surface area contributed by atoms with Crippen molar-refractivity contribution in [1.29, 1.82) is 0 Å². The van der Waals surface area contributed by atoms with Crippen LogP contribution < -0.4 is 0 Å². The molecule has 1 nitrogen and oxygen atoms in total. The molecule has 0 fully saturated rings. The molecule has 0 amide bonds. The Morgan fingerprint density at radius 1 is 1.40 bits per heavy atom. The quantitative estimate of drug-likeness (QED) is 0.428. The normalized spacial score (nSPS) is 10.0. The fraction of sp³-hybridized carbons (Fsp3) is 1.00. The summed E-state index contributed by atoms with van der Waals surface area (Å²) in [5, 5.41) is 0.